The quantitative estimate of drug-likeness (QED) is 0.618. The molecule has 3 N–H and O–H groups in total. The van der Waals surface area contributed by atoms with E-state index in [-0.39, 0.29) is 12.0 Å². The number of hydrogen-bond donors (Lipinski definition) is 3. The zero-order valence-corrected chi connectivity index (χ0v) is 15.3. The van der Waals surface area contributed by atoms with Crippen molar-refractivity contribution in [2.75, 3.05) is 26.2 Å². The molecule has 7 nitrogen and oxygen atoms in total. The van der Waals surface area contributed by atoms with E-state index >= 15 is 0 Å². The predicted octanol–water partition coefficient (Wildman–Crippen LogP) is 1.60. The Balaban J connectivity index is 1.31. The fourth-order valence-corrected chi connectivity index (χ4v) is 3.67. The Morgan fingerprint density at radius 2 is 2.22 bits per heavy atom. The number of para-hydroxylation sites is 1. The highest BCUT2D eigenvalue weighted by molar-refractivity contribution is 5.92. The Labute approximate surface area is 158 Å². The van der Waals surface area contributed by atoms with Crippen molar-refractivity contribution < 1.29 is 9.90 Å². The van der Waals surface area contributed by atoms with Gasteiger partial charge in [0, 0.05) is 31.3 Å². The van der Waals surface area contributed by atoms with Gasteiger partial charge in [-0.25, -0.2) is 0 Å². The summed E-state index contributed by atoms with van der Waals surface area (Å²) in [5.74, 6) is -0.174. The highest BCUT2D eigenvalue weighted by atomic mass is 16.3. The number of nitrogens with zero attached hydrogens (tertiary/aromatic N) is 3. The summed E-state index contributed by atoms with van der Waals surface area (Å²) in [6, 6.07) is 12.1. The summed E-state index contributed by atoms with van der Waals surface area (Å²) in [7, 11) is 0. The third kappa shape index (κ3) is 4.20. The molecule has 1 aromatic carbocycles. The molecule has 1 atom stereocenters. The van der Waals surface area contributed by atoms with Gasteiger partial charge in [0.1, 0.15) is 5.69 Å². The van der Waals surface area contributed by atoms with E-state index in [0.29, 0.717) is 25.3 Å². The fourth-order valence-electron chi connectivity index (χ4n) is 3.67. The number of likely N-dealkylation sites (tertiary alicyclic amines) is 1. The molecule has 0 aliphatic carbocycles. The maximum atomic E-state index is 12.3. The number of aliphatic hydroxyl groups is 1. The minimum absolute atomic E-state index is 0.174. The van der Waals surface area contributed by atoms with E-state index in [1.807, 2.05) is 18.3 Å². The van der Waals surface area contributed by atoms with Crippen molar-refractivity contribution in [3.05, 3.63) is 54.0 Å². The number of aromatic amines is 1. The van der Waals surface area contributed by atoms with Crippen molar-refractivity contribution in [1.82, 2.24) is 25.0 Å². The lowest BCUT2D eigenvalue weighted by Gasteiger charge is -2.29. The number of nitrogens with one attached hydrogen (secondary N) is 2. The van der Waals surface area contributed by atoms with E-state index in [0.717, 1.165) is 37.1 Å². The molecule has 142 valence electrons. The number of rotatable bonds is 6. The van der Waals surface area contributed by atoms with Crippen LogP contribution in [0, 0.1) is 0 Å². The van der Waals surface area contributed by atoms with Crippen molar-refractivity contribution in [2.45, 2.75) is 25.5 Å². The van der Waals surface area contributed by atoms with Gasteiger partial charge in [-0.2, -0.15) is 5.10 Å². The first-order chi connectivity index (χ1) is 13.2. The molecule has 0 bridgehead atoms. The molecule has 4 rings (SSSR count). The van der Waals surface area contributed by atoms with Crippen LogP contribution in [0.3, 0.4) is 0 Å². The molecule has 0 radical (unpaired) electrons. The van der Waals surface area contributed by atoms with Gasteiger partial charge in [0.05, 0.1) is 18.3 Å². The van der Waals surface area contributed by atoms with Crippen molar-refractivity contribution in [2.24, 2.45) is 0 Å². The van der Waals surface area contributed by atoms with Crippen molar-refractivity contribution in [1.29, 1.82) is 0 Å². The SMILES string of the molecule is O=C(NCCN1CCC[C@H](O)C1)c1cc(Cn2ccc3ccccc32)[nH]n1. The Morgan fingerprint density at radius 3 is 3.11 bits per heavy atom. The smallest absolute Gasteiger partial charge is 0.271 e. The largest absolute Gasteiger partial charge is 0.392 e. The summed E-state index contributed by atoms with van der Waals surface area (Å²) in [5, 5.41) is 20.9. The molecule has 27 heavy (non-hydrogen) atoms. The number of benzene rings is 1. The number of hydrogen-bond acceptors (Lipinski definition) is 4. The summed E-state index contributed by atoms with van der Waals surface area (Å²) in [5.41, 5.74) is 2.45. The van der Waals surface area contributed by atoms with Gasteiger partial charge in [-0.15, -0.1) is 0 Å². The van der Waals surface area contributed by atoms with E-state index in [4.69, 9.17) is 0 Å². The highest BCUT2D eigenvalue weighted by Gasteiger charge is 2.17. The second-order valence-corrected chi connectivity index (χ2v) is 7.13. The van der Waals surface area contributed by atoms with Gasteiger partial charge >= 0.3 is 0 Å². The second kappa shape index (κ2) is 7.94. The minimum Gasteiger partial charge on any atom is -0.392 e. The zero-order valence-electron chi connectivity index (χ0n) is 15.3. The van der Waals surface area contributed by atoms with Gasteiger partial charge in [0.15, 0.2) is 0 Å². The second-order valence-electron chi connectivity index (χ2n) is 7.13. The highest BCUT2D eigenvalue weighted by Crippen LogP contribution is 2.16. The van der Waals surface area contributed by atoms with E-state index < -0.39 is 0 Å². The first-order valence-corrected chi connectivity index (χ1v) is 9.46. The number of H-pyrrole nitrogens is 1. The summed E-state index contributed by atoms with van der Waals surface area (Å²) < 4.78 is 2.13. The normalized spacial score (nSPS) is 18.0. The topological polar surface area (TPSA) is 86.2 Å². The summed E-state index contributed by atoms with van der Waals surface area (Å²) in [6.45, 7) is 3.60. The molecule has 1 amide bonds. The number of β-amino-alcohol motifs (C(OH)–C–C–N with tert-alkyl or cyclic N) is 1. The Hall–Kier alpha value is -2.64. The van der Waals surface area contributed by atoms with Crippen LogP contribution in [0.2, 0.25) is 0 Å². The molecule has 2 aromatic heterocycles. The Bertz CT molecular complexity index is 916. The fraction of sp³-hybridized carbons (Fsp3) is 0.400. The summed E-state index contributed by atoms with van der Waals surface area (Å²) in [6.07, 6.45) is 3.67. The molecule has 1 aliphatic heterocycles. The minimum atomic E-state index is -0.242. The molecular weight excluding hydrogens is 342 g/mol. The average Bonchev–Trinajstić information content (AvgIpc) is 3.30. The van der Waals surface area contributed by atoms with Crippen LogP contribution in [0.4, 0.5) is 0 Å². The number of amides is 1. The maximum Gasteiger partial charge on any atom is 0.271 e. The lowest BCUT2D eigenvalue weighted by molar-refractivity contribution is 0.0702. The van der Waals surface area contributed by atoms with Crippen LogP contribution in [-0.4, -0.2) is 63.0 Å². The summed E-state index contributed by atoms with van der Waals surface area (Å²) >= 11 is 0. The van der Waals surface area contributed by atoms with Crippen LogP contribution >= 0.6 is 0 Å². The van der Waals surface area contributed by atoms with Gasteiger partial charge in [-0.1, -0.05) is 18.2 Å². The molecule has 3 heterocycles. The lowest BCUT2D eigenvalue weighted by Crippen LogP contribution is -2.42. The maximum absolute atomic E-state index is 12.3. The Morgan fingerprint density at radius 1 is 1.33 bits per heavy atom. The van der Waals surface area contributed by atoms with E-state index in [9.17, 15) is 9.90 Å². The molecule has 1 aliphatic rings. The van der Waals surface area contributed by atoms with E-state index in [1.54, 1.807) is 6.07 Å². The molecule has 0 spiro atoms. The number of carbonyl (C=O) groups is 1. The van der Waals surface area contributed by atoms with Gasteiger partial charge in [-0.05, 0) is 43.0 Å². The lowest BCUT2D eigenvalue weighted by atomic mass is 10.1. The van der Waals surface area contributed by atoms with Gasteiger partial charge in [-0.3, -0.25) is 14.8 Å². The van der Waals surface area contributed by atoms with E-state index in [2.05, 4.69) is 43.2 Å². The van der Waals surface area contributed by atoms with Gasteiger partial charge in [0.25, 0.3) is 5.91 Å². The third-order valence-electron chi connectivity index (χ3n) is 5.08. The van der Waals surface area contributed by atoms with Crippen LogP contribution in [0.25, 0.3) is 10.9 Å². The predicted molar refractivity (Wildman–Crippen MR) is 104 cm³/mol. The number of piperidine rings is 1. The standard InChI is InChI=1S/C20H25N5O2/c26-17-5-3-9-24(14-17)11-8-21-20(27)18-12-16(22-23-18)13-25-10-7-15-4-1-2-6-19(15)25/h1-2,4,6-7,10,12,17,26H,3,5,8-9,11,13-14H2,(H,21,27)(H,22,23)/t17-/m0/s1. The van der Waals surface area contributed by atoms with E-state index in [1.165, 1.54) is 5.39 Å². The van der Waals surface area contributed by atoms with Gasteiger partial charge in [0.2, 0.25) is 0 Å². The van der Waals surface area contributed by atoms with Crippen LogP contribution < -0.4 is 5.32 Å². The average molecular weight is 367 g/mol. The van der Waals surface area contributed by atoms with Crippen LogP contribution in [0.5, 0.6) is 0 Å². The first-order valence-electron chi connectivity index (χ1n) is 9.46. The molecule has 1 fully saturated rings. The molecule has 1 saturated heterocycles. The molecule has 3 aromatic rings. The monoisotopic (exact) mass is 367 g/mol. The molecule has 0 saturated carbocycles. The van der Waals surface area contributed by atoms with Crippen LogP contribution in [-0.2, 0) is 6.54 Å². The first kappa shape index (κ1) is 17.8. The number of aromatic nitrogens is 3. The summed E-state index contributed by atoms with van der Waals surface area (Å²) in [4.78, 5) is 14.5. The van der Waals surface area contributed by atoms with Crippen LogP contribution in [0.1, 0.15) is 29.0 Å². The molecular formula is C20H25N5O2. The number of carbonyl (C=O) groups excluding carboxylic acids is 1. The Kier molecular flexibility index (Phi) is 5.22. The molecule has 0 unspecified atom stereocenters. The zero-order chi connectivity index (χ0) is 18.6. The number of aliphatic hydroxyl groups excluding tert-OH is 1. The van der Waals surface area contributed by atoms with Crippen molar-refractivity contribution in [3.63, 3.8) is 0 Å². The van der Waals surface area contributed by atoms with Crippen LogP contribution in [0.15, 0.2) is 42.6 Å². The van der Waals surface area contributed by atoms with Crippen molar-refractivity contribution in [3.8, 4) is 0 Å². The van der Waals surface area contributed by atoms with Crippen molar-refractivity contribution >= 4 is 16.8 Å². The molecule has 7 heteroatoms. The third-order valence-corrected chi connectivity index (χ3v) is 5.08. The van der Waals surface area contributed by atoms with Gasteiger partial charge < -0.3 is 15.0 Å². The number of fused-ring (bicyclic) bond motifs is 1.